The summed E-state index contributed by atoms with van der Waals surface area (Å²) >= 11 is 0. The van der Waals surface area contributed by atoms with Gasteiger partial charge in [-0.25, -0.2) is 9.78 Å². The van der Waals surface area contributed by atoms with Crippen LogP contribution in [0.3, 0.4) is 0 Å². The van der Waals surface area contributed by atoms with Crippen LogP contribution in [0.5, 0.6) is 0 Å². The van der Waals surface area contributed by atoms with E-state index in [1.54, 1.807) is 36.5 Å². The number of hydrogen-bond acceptors (Lipinski definition) is 6. The van der Waals surface area contributed by atoms with Crippen LogP contribution in [0.15, 0.2) is 49.2 Å². The Kier molecular flexibility index (Phi) is 4.87. The number of rotatable bonds is 6. The topological polar surface area (TPSA) is 76.1 Å². The van der Waals surface area contributed by atoms with Gasteiger partial charge in [0, 0.05) is 12.7 Å². The van der Waals surface area contributed by atoms with Gasteiger partial charge in [0.05, 0.1) is 18.4 Å². The van der Waals surface area contributed by atoms with Gasteiger partial charge in [0.25, 0.3) is 0 Å². The lowest BCUT2D eigenvalue weighted by atomic mass is 10.2. The summed E-state index contributed by atoms with van der Waals surface area (Å²) in [4.78, 5) is 20.1. The number of carbonyl (C=O) groups excluding carboxylic acids is 1. The number of hydrogen-bond donors (Lipinski definition) is 2. The van der Waals surface area contributed by atoms with Crippen LogP contribution in [0.2, 0.25) is 0 Å². The smallest absolute Gasteiger partial charge is 0.339 e. The van der Waals surface area contributed by atoms with Crippen molar-refractivity contribution in [1.29, 1.82) is 0 Å². The standard InChI is InChI=1S/C15H16N4O2/c1-3-9-16-15-17-10-8-13(19-15)18-12-7-5-4-6-11(12)14(20)21-2/h3-8,10H,1,9H2,2H3,(H2,16,17,18,19). The maximum atomic E-state index is 11.7. The van der Waals surface area contributed by atoms with E-state index in [0.717, 1.165) is 0 Å². The molecule has 0 radical (unpaired) electrons. The van der Waals surface area contributed by atoms with Crippen molar-refractivity contribution in [3.8, 4) is 0 Å². The molecule has 6 heteroatoms. The van der Waals surface area contributed by atoms with Crippen LogP contribution >= 0.6 is 0 Å². The number of methoxy groups -OCH3 is 1. The fourth-order valence-electron chi connectivity index (χ4n) is 1.69. The molecule has 0 saturated carbocycles. The number of nitrogens with one attached hydrogen (secondary N) is 2. The van der Waals surface area contributed by atoms with Crippen LogP contribution in [0.1, 0.15) is 10.4 Å². The normalized spacial score (nSPS) is 9.76. The molecule has 2 rings (SSSR count). The van der Waals surface area contributed by atoms with Gasteiger partial charge in [0.2, 0.25) is 5.95 Å². The molecule has 0 aliphatic carbocycles. The minimum Gasteiger partial charge on any atom is -0.465 e. The highest BCUT2D eigenvalue weighted by Gasteiger charge is 2.11. The van der Waals surface area contributed by atoms with E-state index in [4.69, 9.17) is 4.74 Å². The molecule has 2 aromatic rings. The summed E-state index contributed by atoms with van der Waals surface area (Å²) in [5, 5.41) is 6.08. The predicted molar refractivity (Wildman–Crippen MR) is 81.8 cm³/mol. The van der Waals surface area contributed by atoms with Crippen molar-refractivity contribution < 1.29 is 9.53 Å². The van der Waals surface area contributed by atoms with Crippen molar-refractivity contribution in [2.24, 2.45) is 0 Å². The van der Waals surface area contributed by atoms with Crippen LogP contribution in [0.4, 0.5) is 17.5 Å². The molecular weight excluding hydrogens is 268 g/mol. The molecule has 1 heterocycles. The first kappa shape index (κ1) is 14.5. The summed E-state index contributed by atoms with van der Waals surface area (Å²) in [6.45, 7) is 4.19. The first-order valence-corrected chi connectivity index (χ1v) is 6.36. The summed E-state index contributed by atoms with van der Waals surface area (Å²) in [5.74, 6) is 0.653. The number of ether oxygens (including phenoxy) is 1. The lowest BCUT2D eigenvalue weighted by Crippen LogP contribution is -2.07. The van der Waals surface area contributed by atoms with E-state index in [0.29, 0.717) is 29.6 Å². The Bertz CT molecular complexity index is 643. The van der Waals surface area contributed by atoms with Gasteiger partial charge in [-0.1, -0.05) is 18.2 Å². The summed E-state index contributed by atoms with van der Waals surface area (Å²) < 4.78 is 4.76. The molecular formula is C15H16N4O2. The van der Waals surface area contributed by atoms with Gasteiger partial charge in [0.15, 0.2) is 0 Å². The molecule has 0 aliphatic heterocycles. The molecule has 2 N–H and O–H groups in total. The summed E-state index contributed by atoms with van der Waals surface area (Å²) in [6.07, 6.45) is 3.34. The molecule has 1 aromatic heterocycles. The third kappa shape index (κ3) is 3.79. The fraction of sp³-hybridized carbons (Fsp3) is 0.133. The van der Waals surface area contributed by atoms with E-state index in [9.17, 15) is 4.79 Å². The van der Waals surface area contributed by atoms with Crippen LogP contribution in [0.25, 0.3) is 0 Å². The Morgan fingerprint density at radius 1 is 1.38 bits per heavy atom. The minimum absolute atomic E-state index is 0.405. The van der Waals surface area contributed by atoms with Gasteiger partial charge in [-0.15, -0.1) is 6.58 Å². The van der Waals surface area contributed by atoms with Crippen LogP contribution < -0.4 is 10.6 Å². The first-order chi connectivity index (χ1) is 10.2. The van der Waals surface area contributed by atoms with Crippen molar-refractivity contribution in [2.75, 3.05) is 24.3 Å². The van der Waals surface area contributed by atoms with E-state index in [1.165, 1.54) is 7.11 Å². The second-order valence-corrected chi connectivity index (χ2v) is 4.10. The third-order valence-corrected chi connectivity index (χ3v) is 2.66. The molecule has 6 nitrogen and oxygen atoms in total. The zero-order valence-electron chi connectivity index (χ0n) is 11.7. The van der Waals surface area contributed by atoms with Crippen LogP contribution in [-0.4, -0.2) is 29.6 Å². The molecule has 108 valence electrons. The molecule has 0 bridgehead atoms. The van der Waals surface area contributed by atoms with Gasteiger partial charge < -0.3 is 15.4 Å². The number of benzene rings is 1. The SMILES string of the molecule is C=CCNc1nccc(Nc2ccccc2C(=O)OC)n1. The van der Waals surface area contributed by atoms with E-state index in [-0.39, 0.29) is 0 Å². The molecule has 0 fully saturated rings. The zero-order chi connectivity index (χ0) is 15.1. The summed E-state index contributed by atoms with van der Waals surface area (Å²) in [5.41, 5.74) is 1.07. The Labute approximate surface area is 122 Å². The number of para-hydroxylation sites is 1. The lowest BCUT2D eigenvalue weighted by Gasteiger charge is -2.10. The number of esters is 1. The Morgan fingerprint density at radius 2 is 2.19 bits per heavy atom. The van der Waals surface area contributed by atoms with Gasteiger partial charge >= 0.3 is 5.97 Å². The zero-order valence-corrected chi connectivity index (χ0v) is 11.7. The summed E-state index contributed by atoms with van der Waals surface area (Å²) in [7, 11) is 1.35. The second kappa shape index (κ2) is 7.04. The van der Waals surface area contributed by atoms with Crippen molar-refractivity contribution in [2.45, 2.75) is 0 Å². The maximum absolute atomic E-state index is 11.7. The highest BCUT2D eigenvalue weighted by Crippen LogP contribution is 2.20. The molecule has 0 atom stereocenters. The van der Waals surface area contributed by atoms with Crippen molar-refractivity contribution in [3.05, 3.63) is 54.7 Å². The predicted octanol–water partition coefficient (Wildman–Crippen LogP) is 2.60. The van der Waals surface area contributed by atoms with Crippen molar-refractivity contribution >= 4 is 23.4 Å². The number of carbonyl (C=O) groups is 1. The van der Waals surface area contributed by atoms with Gasteiger partial charge in [-0.3, -0.25) is 0 Å². The van der Waals surface area contributed by atoms with Gasteiger partial charge in [-0.2, -0.15) is 4.98 Å². The molecule has 0 spiro atoms. The Morgan fingerprint density at radius 3 is 2.95 bits per heavy atom. The maximum Gasteiger partial charge on any atom is 0.339 e. The number of aromatic nitrogens is 2. The number of nitrogens with zero attached hydrogens (tertiary/aromatic N) is 2. The first-order valence-electron chi connectivity index (χ1n) is 6.36. The monoisotopic (exact) mass is 284 g/mol. The minimum atomic E-state index is -0.405. The van der Waals surface area contributed by atoms with E-state index >= 15 is 0 Å². The van der Waals surface area contributed by atoms with Crippen LogP contribution in [-0.2, 0) is 4.74 Å². The molecule has 0 aliphatic rings. The lowest BCUT2D eigenvalue weighted by molar-refractivity contribution is 0.0602. The fourth-order valence-corrected chi connectivity index (χ4v) is 1.69. The van der Waals surface area contributed by atoms with Crippen LogP contribution in [0, 0.1) is 0 Å². The average Bonchev–Trinajstić information content (AvgIpc) is 2.53. The van der Waals surface area contributed by atoms with Gasteiger partial charge in [-0.05, 0) is 18.2 Å². The largest absolute Gasteiger partial charge is 0.465 e. The molecule has 1 aromatic carbocycles. The third-order valence-electron chi connectivity index (χ3n) is 2.66. The molecule has 0 amide bonds. The summed E-state index contributed by atoms with van der Waals surface area (Å²) in [6, 6.07) is 8.78. The van der Waals surface area contributed by atoms with Gasteiger partial charge in [0.1, 0.15) is 5.82 Å². The molecule has 0 unspecified atom stereocenters. The Hall–Kier alpha value is -2.89. The molecule has 0 saturated heterocycles. The van der Waals surface area contributed by atoms with Crippen molar-refractivity contribution in [3.63, 3.8) is 0 Å². The van der Waals surface area contributed by atoms with E-state index in [1.807, 2.05) is 6.07 Å². The quantitative estimate of drug-likeness (QED) is 0.627. The highest BCUT2D eigenvalue weighted by molar-refractivity contribution is 5.96. The second-order valence-electron chi connectivity index (χ2n) is 4.10. The highest BCUT2D eigenvalue weighted by atomic mass is 16.5. The van der Waals surface area contributed by atoms with E-state index in [2.05, 4.69) is 27.2 Å². The molecule has 21 heavy (non-hydrogen) atoms. The average molecular weight is 284 g/mol. The number of anilines is 3. The van der Waals surface area contributed by atoms with Crippen molar-refractivity contribution in [1.82, 2.24) is 9.97 Å². The van der Waals surface area contributed by atoms with E-state index < -0.39 is 5.97 Å². The Balaban J connectivity index is 2.22.